The Kier molecular flexibility index (Phi) is 7.35. The highest BCUT2D eigenvalue weighted by Gasteiger charge is 2.21. The molecule has 1 aliphatic rings. The number of halogens is 3. The third-order valence-corrected chi connectivity index (χ3v) is 6.71. The van der Waals surface area contributed by atoms with E-state index in [9.17, 15) is 0 Å². The summed E-state index contributed by atoms with van der Waals surface area (Å²) in [5, 5.41) is 10.6. The summed E-state index contributed by atoms with van der Waals surface area (Å²) in [5.74, 6) is 0.724. The van der Waals surface area contributed by atoms with Gasteiger partial charge in [-0.1, -0.05) is 59.1 Å². The number of nitrogens with one attached hydrogen (secondary N) is 1. The Bertz CT molecular complexity index is 1040. The Morgan fingerprint density at radius 3 is 2.26 bits per heavy atom. The zero-order valence-corrected chi connectivity index (χ0v) is 19.9. The van der Waals surface area contributed by atoms with Crippen LogP contribution < -0.4 is 5.32 Å². The van der Waals surface area contributed by atoms with Gasteiger partial charge in [-0.25, -0.2) is 0 Å². The summed E-state index contributed by atoms with van der Waals surface area (Å²) in [4.78, 5) is 4.50. The zero-order valence-electron chi connectivity index (χ0n) is 16.8. The van der Waals surface area contributed by atoms with E-state index in [1.807, 2.05) is 59.4 Å². The number of aromatic nitrogens is 2. The molecular formula is C22H22Cl3N5S. The molecule has 1 saturated heterocycles. The first-order chi connectivity index (χ1) is 15.0. The minimum absolute atomic E-state index is 0.609. The lowest BCUT2D eigenvalue weighted by Crippen LogP contribution is -2.49. The van der Waals surface area contributed by atoms with Gasteiger partial charge in [-0.15, -0.1) is 0 Å². The Morgan fingerprint density at radius 1 is 0.871 bits per heavy atom. The van der Waals surface area contributed by atoms with Gasteiger partial charge in [0.25, 0.3) is 0 Å². The Labute approximate surface area is 202 Å². The highest BCUT2D eigenvalue weighted by atomic mass is 35.5. The minimum Gasteiger partial charge on any atom is -0.346 e. The van der Waals surface area contributed by atoms with Gasteiger partial charge in [-0.2, -0.15) is 5.10 Å². The topological polar surface area (TPSA) is 36.3 Å². The van der Waals surface area contributed by atoms with Gasteiger partial charge in [0.2, 0.25) is 0 Å². The van der Waals surface area contributed by atoms with Crippen LogP contribution in [-0.2, 0) is 13.1 Å². The lowest BCUT2D eigenvalue weighted by Gasteiger charge is -2.36. The SMILES string of the molecule is S=C(Nc1ccn(Cc2ccccc2Cl)n1)N1CCN(Cc2c(Cl)cccc2Cl)CC1. The second kappa shape index (κ2) is 10.2. The van der Waals surface area contributed by atoms with Crippen LogP contribution in [0.2, 0.25) is 15.1 Å². The third-order valence-electron chi connectivity index (χ3n) is 5.27. The van der Waals surface area contributed by atoms with E-state index >= 15 is 0 Å². The molecule has 1 aliphatic heterocycles. The lowest BCUT2D eigenvalue weighted by molar-refractivity contribution is 0.177. The van der Waals surface area contributed by atoms with Gasteiger partial charge in [-0.05, 0) is 36.0 Å². The highest BCUT2D eigenvalue weighted by molar-refractivity contribution is 7.80. The minimum atomic E-state index is 0.609. The first-order valence-corrected chi connectivity index (χ1v) is 11.5. The monoisotopic (exact) mass is 493 g/mol. The van der Waals surface area contributed by atoms with Crippen LogP contribution in [0.3, 0.4) is 0 Å². The molecule has 0 aliphatic carbocycles. The van der Waals surface area contributed by atoms with Crippen molar-refractivity contribution in [1.82, 2.24) is 19.6 Å². The van der Waals surface area contributed by atoms with Crippen molar-refractivity contribution >= 4 is 58.0 Å². The standard InChI is InChI=1S/C22H22Cl3N5S/c23-18-5-2-1-4-16(18)14-30-9-8-21(27-30)26-22(31)29-12-10-28(11-13-29)15-17-19(24)6-3-7-20(17)25/h1-9H,10-15H2,(H,26,27,31). The molecule has 0 bridgehead atoms. The molecule has 1 aromatic heterocycles. The van der Waals surface area contributed by atoms with Crippen LogP contribution >= 0.6 is 47.0 Å². The van der Waals surface area contributed by atoms with Crippen molar-refractivity contribution in [2.24, 2.45) is 0 Å². The molecule has 162 valence electrons. The number of anilines is 1. The fraction of sp³-hybridized carbons (Fsp3) is 0.273. The summed E-state index contributed by atoms with van der Waals surface area (Å²) in [6.45, 7) is 4.76. The summed E-state index contributed by atoms with van der Waals surface area (Å²) in [7, 11) is 0. The molecule has 3 aromatic rings. The van der Waals surface area contributed by atoms with Crippen LogP contribution in [0.1, 0.15) is 11.1 Å². The molecule has 0 saturated carbocycles. The van der Waals surface area contributed by atoms with Gasteiger partial charge in [0, 0.05) is 65.6 Å². The molecule has 0 unspecified atom stereocenters. The van der Waals surface area contributed by atoms with E-state index in [1.54, 1.807) is 0 Å². The molecule has 2 heterocycles. The summed E-state index contributed by atoms with van der Waals surface area (Å²) in [6.07, 6.45) is 1.92. The number of nitrogens with zero attached hydrogens (tertiary/aromatic N) is 4. The molecule has 2 aromatic carbocycles. The van der Waals surface area contributed by atoms with E-state index in [0.29, 0.717) is 21.7 Å². The van der Waals surface area contributed by atoms with Gasteiger partial charge in [0.15, 0.2) is 10.9 Å². The van der Waals surface area contributed by atoms with Gasteiger partial charge in [0.1, 0.15) is 0 Å². The smallest absolute Gasteiger partial charge is 0.174 e. The van der Waals surface area contributed by atoms with Crippen molar-refractivity contribution in [3.63, 3.8) is 0 Å². The summed E-state index contributed by atoms with van der Waals surface area (Å²) in [5.41, 5.74) is 2.00. The van der Waals surface area contributed by atoms with Gasteiger partial charge in [0.05, 0.1) is 6.54 Å². The average Bonchev–Trinajstić information content (AvgIpc) is 3.20. The van der Waals surface area contributed by atoms with E-state index in [2.05, 4.69) is 20.2 Å². The number of rotatable bonds is 5. The molecule has 0 radical (unpaired) electrons. The van der Waals surface area contributed by atoms with E-state index in [1.165, 1.54) is 0 Å². The van der Waals surface area contributed by atoms with Gasteiger partial charge < -0.3 is 10.2 Å². The van der Waals surface area contributed by atoms with Crippen LogP contribution in [0.5, 0.6) is 0 Å². The Balaban J connectivity index is 1.29. The number of piperazine rings is 1. The second-order valence-electron chi connectivity index (χ2n) is 7.38. The largest absolute Gasteiger partial charge is 0.346 e. The van der Waals surface area contributed by atoms with Crippen LogP contribution in [0.15, 0.2) is 54.7 Å². The highest BCUT2D eigenvalue weighted by Crippen LogP contribution is 2.26. The molecule has 0 spiro atoms. The maximum Gasteiger partial charge on any atom is 0.174 e. The van der Waals surface area contributed by atoms with Crippen molar-refractivity contribution in [2.75, 3.05) is 31.5 Å². The molecular weight excluding hydrogens is 473 g/mol. The van der Waals surface area contributed by atoms with Crippen molar-refractivity contribution < 1.29 is 0 Å². The van der Waals surface area contributed by atoms with Crippen molar-refractivity contribution in [3.8, 4) is 0 Å². The van der Waals surface area contributed by atoms with Crippen molar-refractivity contribution in [3.05, 3.63) is 80.9 Å². The van der Waals surface area contributed by atoms with Crippen LogP contribution in [-0.4, -0.2) is 50.9 Å². The molecule has 1 N–H and O–H groups in total. The zero-order chi connectivity index (χ0) is 21.8. The fourth-order valence-electron chi connectivity index (χ4n) is 3.52. The Hall–Kier alpha value is -1.83. The predicted octanol–water partition coefficient (Wildman–Crippen LogP) is 5.41. The predicted molar refractivity (Wildman–Crippen MR) is 132 cm³/mol. The molecule has 0 atom stereocenters. The van der Waals surface area contributed by atoms with Crippen molar-refractivity contribution in [1.29, 1.82) is 0 Å². The Morgan fingerprint density at radius 2 is 1.55 bits per heavy atom. The van der Waals surface area contributed by atoms with E-state index in [-0.39, 0.29) is 0 Å². The lowest BCUT2D eigenvalue weighted by atomic mass is 10.2. The van der Waals surface area contributed by atoms with E-state index in [0.717, 1.165) is 54.7 Å². The number of hydrogen-bond acceptors (Lipinski definition) is 3. The quantitative estimate of drug-likeness (QED) is 0.480. The normalized spacial score (nSPS) is 14.6. The molecule has 1 fully saturated rings. The summed E-state index contributed by atoms with van der Waals surface area (Å²) >= 11 is 24.5. The van der Waals surface area contributed by atoms with Crippen LogP contribution in [0.25, 0.3) is 0 Å². The number of thiocarbonyl (C=S) groups is 1. The van der Waals surface area contributed by atoms with Crippen LogP contribution in [0.4, 0.5) is 5.82 Å². The maximum absolute atomic E-state index is 6.31. The number of benzene rings is 2. The molecule has 0 amide bonds. The fourth-order valence-corrected chi connectivity index (χ4v) is 4.52. The first kappa shape index (κ1) is 22.4. The first-order valence-electron chi connectivity index (χ1n) is 9.97. The van der Waals surface area contributed by atoms with E-state index in [4.69, 9.17) is 47.0 Å². The van der Waals surface area contributed by atoms with Gasteiger partial charge >= 0.3 is 0 Å². The molecule has 31 heavy (non-hydrogen) atoms. The molecule has 4 rings (SSSR count). The molecule has 9 heteroatoms. The van der Waals surface area contributed by atoms with Crippen LogP contribution in [0, 0.1) is 0 Å². The number of hydrogen-bond donors (Lipinski definition) is 1. The summed E-state index contributed by atoms with van der Waals surface area (Å²) in [6, 6.07) is 15.3. The van der Waals surface area contributed by atoms with Gasteiger partial charge in [-0.3, -0.25) is 9.58 Å². The maximum atomic E-state index is 6.31. The summed E-state index contributed by atoms with van der Waals surface area (Å²) < 4.78 is 1.84. The van der Waals surface area contributed by atoms with Crippen molar-refractivity contribution in [2.45, 2.75) is 13.1 Å². The third kappa shape index (κ3) is 5.70. The average molecular weight is 495 g/mol. The molecule has 5 nitrogen and oxygen atoms in total. The second-order valence-corrected chi connectivity index (χ2v) is 8.99. The van der Waals surface area contributed by atoms with E-state index < -0.39 is 0 Å².